The van der Waals surface area contributed by atoms with E-state index in [4.69, 9.17) is 0 Å². The molecule has 4 nitrogen and oxygen atoms in total. The van der Waals surface area contributed by atoms with Gasteiger partial charge in [-0.15, -0.1) is 0 Å². The second kappa shape index (κ2) is 5.57. The molecule has 0 saturated heterocycles. The van der Waals surface area contributed by atoms with Crippen molar-refractivity contribution < 1.29 is 13.2 Å². The number of H-pyrrole nitrogens is 1. The number of aromatic nitrogens is 3. The molecule has 0 spiro atoms. The molecule has 0 saturated carbocycles. The largest absolute Gasteiger partial charge is 0.451 e. The summed E-state index contributed by atoms with van der Waals surface area (Å²) in [7, 11) is 0. The van der Waals surface area contributed by atoms with Crippen molar-refractivity contribution in [1.29, 1.82) is 0 Å². The van der Waals surface area contributed by atoms with Crippen molar-refractivity contribution in [1.82, 2.24) is 15.0 Å². The molecule has 120 valence electrons. The molecule has 0 atom stereocenters. The van der Waals surface area contributed by atoms with Crippen molar-refractivity contribution in [2.45, 2.75) is 26.4 Å². The minimum atomic E-state index is -4.60. The van der Waals surface area contributed by atoms with E-state index in [1.165, 1.54) is 0 Å². The summed E-state index contributed by atoms with van der Waals surface area (Å²) in [4.78, 5) is 10.1. The third kappa shape index (κ3) is 2.99. The second-order valence-electron chi connectivity index (χ2n) is 5.24. The van der Waals surface area contributed by atoms with Crippen LogP contribution in [-0.2, 0) is 12.6 Å². The van der Waals surface area contributed by atoms with E-state index in [1.54, 1.807) is 13.0 Å². The highest BCUT2D eigenvalue weighted by molar-refractivity contribution is 5.90. The van der Waals surface area contributed by atoms with Crippen LogP contribution in [0.4, 0.5) is 24.7 Å². The van der Waals surface area contributed by atoms with E-state index in [9.17, 15) is 13.2 Å². The SMILES string of the molecule is CCc1ccccc1Nc1nc(C(F)(F)F)nc2[nH]c(C)cc12. The van der Waals surface area contributed by atoms with E-state index < -0.39 is 12.0 Å². The first-order valence-electron chi connectivity index (χ1n) is 7.18. The maximum absolute atomic E-state index is 13.0. The monoisotopic (exact) mass is 320 g/mol. The van der Waals surface area contributed by atoms with Crippen LogP contribution < -0.4 is 5.32 Å². The molecule has 0 unspecified atom stereocenters. The first kappa shape index (κ1) is 15.3. The zero-order valence-electron chi connectivity index (χ0n) is 12.6. The third-order valence-electron chi connectivity index (χ3n) is 3.53. The fourth-order valence-corrected chi connectivity index (χ4v) is 2.44. The van der Waals surface area contributed by atoms with Gasteiger partial charge >= 0.3 is 6.18 Å². The number of hydrogen-bond acceptors (Lipinski definition) is 3. The van der Waals surface area contributed by atoms with Gasteiger partial charge in [0.2, 0.25) is 5.82 Å². The smallest absolute Gasteiger partial charge is 0.343 e. The maximum Gasteiger partial charge on any atom is 0.451 e. The summed E-state index contributed by atoms with van der Waals surface area (Å²) in [5.41, 5.74) is 2.63. The first-order valence-corrected chi connectivity index (χ1v) is 7.18. The fraction of sp³-hybridized carbons (Fsp3) is 0.250. The standard InChI is InChI=1S/C16H15F3N4/c1-3-10-6-4-5-7-12(10)21-14-11-8-9(2)20-13(11)22-15(23-14)16(17,18)19/h4-8H,3H2,1-2H3,(H2,20,21,22,23). The Morgan fingerprint density at radius 1 is 1.17 bits per heavy atom. The topological polar surface area (TPSA) is 53.6 Å². The molecule has 7 heteroatoms. The van der Waals surface area contributed by atoms with Crippen molar-refractivity contribution >= 4 is 22.5 Å². The Morgan fingerprint density at radius 3 is 2.61 bits per heavy atom. The minimum absolute atomic E-state index is 0.146. The van der Waals surface area contributed by atoms with Crippen LogP contribution in [0.25, 0.3) is 11.0 Å². The number of nitrogens with zero attached hydrogens (tertiary/aromatic N) is 2. The molecule has 2 heterocycles. The summed E-state index contributed by atoms with van der Waals surface area (Å²) >= 11 is 0. The Kier molecular flexibility index (Phi) is 3.71. The minimum Gasteiger partial charge on any atom is -0.343 e. The zero-order valence-corrected chi connectivity index (χ0v) is 12.6. The number of rotatable bonds is 3. The van der Waals surface area contributed by atoms with Gasteiger partial charge in [0.1, 0.15) is 11.5 Å². The number of nitrogens with one attached hydrogen (secondary N) is 2. The number of hydrogen-bond donors (Lipinski definition) is 2. The molecular weight excluding hydrogens is 305 g/mol. The number of para-hydroxylation sites is 1. The molecule has 3 rings (SSSR count). The lowest BCUT2D eigenvalue weighted by Crippen LogP contribution is -2.12. The van der Waals surface area contributed by atoms with Crippen molar-refractivity contribution in [2.75, 3.05) is 5.32 Å². The van der Waals surface area contributed by atoms with Gasteiger partial charge in [0, 0.05) is 11.4 Å². The maximum atomic E-state index is 13.0. The van der Waals surface area contributed by atoms with Crippen LogP contribution in [0.5, 0.6) is 0 Å². The predicted molar refractivity (Wildman–Crippen MR) is 82.7 cm³/mol. The average Bonchev–Trinajstić information content (AvgIpc) is 2.87. The van der Waals surface area contributed by atoms with Gasteiger partial charge in [0.25, 0.3) is 0 Å². The summed E-state index contributed by atoms with van der Waals surface area (Å²) in [5.74, 6) is -1.02. The Balaban J connectivity index is 2.15. The Bertz CT molecular complexity index is 852. The van der Waals surface area contributed by atoms with Gasteiger partial charge in [-0.3, -0.25) is 0 Å². The molecule has 0 amide bonds. The Hall–Kier alpha value is -2.57. The van der Waals surface area contributed by atoms with Crippen LogP contribution in [0.1, 0.15) is 24.0 Å². The Labute approximate surface area is 130 Å². The second-order valence-corrected chi connectivity index (χ2v) is 5.24. The normalized spacial score (nSPS) is 11.9. The van der Waals surface area contributed by atoms with Crippen molar-refractivity contribution in [3.8, 4) is 0 Å². The van der Waals surface area contributed by atoms with Crippen LogP contribution in [0.2, 0.25) is 0 Å². The summed E-state index contributed by atoms with van der Waals surface area (Å²) in [6, 6.07) is 9.19. The van der Waals surface area contributed by atoms with Crippen LogP contribution in [0.15, 0.2) is 30.3 Å². The zero-order chi connectivity index (χ0) is 16.6. The van der Waals surface area contributed by atoms with Crippen molar-refractivity contribution in [2.24, 2.45) is 0 Å². The van der Waals surface area contributed by atoms with Crippen molar-refractivity contribution in [3.05, 3.63) is 47.4 Å². The molecule has 0 radical (unpaired) electrons. The number of alkyl halides is 3. The van der Waals surface area contributed by atoms with Crippen molar-refractivity contribution in [3.63, 3.8) is 0 Å². The number of aryl methyl sites for hydroxylation is 2. The van der Waals surface area contributed by atoms with Gasteiger partial charge in [0.15, 0.2) is 0 Å². The molecule has 1 aromatic carbocycles. The Morgan fingerprint density at radius 2 is 1.91 bits per heavy atom. The summed E-state index contributed by atoms with van der Waals surface area (Å²) < 4.78 is 39.1. The molecule has 0 aliphatic carbocycles. The highest BCUT2D eigenvalue weighted by atomic mass is 19.4. The summed E-state index contributed by atoms with van der Waals surface area (Å²) in [6.45, 7) is 3.75. The molecule has 0 fully saturated rings. The van der Waals surface area contributed by atoms with Crippen LogP contribution >= 0.6 is 0 Å². The number of benzene rings is 1. The van der Waals surface area contributed by atoms with Gasteiger partial charge in [-0.05, 0) is 31.0 Å². The summed E-state index contributed by atoms with van der Waals surface area (Å²) in [6.07, 6.45) is -3.84. The first-order chi connectivity index (χ1) is 10.9. The van der Waals surface area contributed by atoms with Gasteiger partial charge in [-0.2, -0.15) is 13.2 Å². The lowest BCUT2D eigenvalue weighted by Gasteiger charge is -2.13. The van der Waals surface area contributed by atoms with E-state index in [0.717, 1.165) is 23.4 Å². The molecular formula is C16H15F3N4. The molecule has 23 heavy (non-hydrogen) atoms. The number of anilines is 2. The number of aromatic amines is 1. The van der Waals surface area contributed by atoms with Gasteiger partial charge in [-0.1, -0.05) is 25.1 Å². The highest BCUT2D eigenvalue weighted by Crippen LogP contribution is 2.32. The molecule has 0 aliphatic rings. The van der Waals surface area contributed by atoms with Crippen LogP contribution in [0.3, 0.4) is 0 Å². The van der Waals surface area contributed by atoms with E-state index in [1.807, 2.05) is 31.2 Å². The number of fused-ring (bicyclic) bond motifs is 1. The molecule has 0 bridgehead atoms. The fourth-order valence-electron chi connectivity index (χ4n) is 2.44. The third-order valence-corrected chi connectivity index (χ3v) is 3.53. The molecule has 2 aromatic heterocycles. The lowest BCUT2D eigenvalue weighted by molar-refractivity contribution is -0.144. The quantitative estimate of drug-likeness (QED) is 0.742. The lowest BCUT2D eigenvalue weighted by atomic mass is 10.1. The van der Waals surface area contributed by atoms with E-state index in [2.05, 4.69) is 20.3 Å². The number of halogens is 3. The van der Waals surface area contributed by atoms with Gasteiger partial charge < -0.3 is 10.3 Å². The molecule has 0 aliphatic heterocycles. The average molecular weight is 320 g/mol. The van der Waals surface area contributed by atoms with Gasteiger partial charge in [-0.25, -0.2) is 9.97 Å². The highest BCUT2D eigenvalue weighted by Gasteiger charge is 2.36. The van der Waals surface area contributed by atoms with Gasteiger partial charge in [0.05, 0.1) is 5.39 Å². The van der Waals surface area contributed by atoms with E-state index in [-0.39, 0.29) is 11.5 Å². The molecule has 2 N–H and O–H groups in total. The molecule has 3 aromatic rings. The predicted octanol–water partition coefficient (Wildman–Crippen LogP) is 4.59. The summed E-state index contributed by atoms with van der Waals surface area (Å²) in [5, 5.41) is 3.55. The van der Waals surface area contributed by atoms with E-state index >= 15 is 0 Å². The van der Waals surface area contributed by atoms with Crippen LogP contribution in [-0.4, -0.2) is 15.0 Å². The van der Waals surface area contributed by atoms with Crippen LogP contribution in [0, 0.1) is 6.92 Å². The van der Waals surface area contributed by atoms with E-state index in [0.29, 0.717) is 5.39 Å².